The first kappa shape index (κ1) is 10.7. The van der Waals surface area contributed by atoms with Gasteiger partial charge in [-0.25, -0.2) is 0 Å². The summed E-state index contributed by atoms with van der Waals surface area (Å²) in [5.41, 5.74) is 7.79. The Labute approximate surface area is 87.4 Å². The molecule has 1 heterocycles. The summed E-state index contributed by atoms with van der Waals surface area (Å²) in [5.74, 6) is 0. The normalized spacial score (nSPS) is 12.2. The van der Waals surface area contributed by atoms with Gasteiger partial charge in [-0.05, 0) is 15.9 Å². The van der Waals surface area contributed by atoms with Crippen LogP contribution >= 0.6 is 15.9 Å². The van der Waals surface area contributed by atoms with Crippen LogP contribution in [-0.4, -0.2) is 9.78 Å². The van der Waals surface area contributed by atoms with E-state index in [1.165, 1.54) is 0 Å². The Hall–Kier alpha value is -0.350. The molecule has 1 rings (SSSR count). The van der Waals surface area contributed by atoms with Crippen molar-refractivity contribution in [1.29, 1.82) is 0 Å². The standard InChI is InChI=1S/C9H16BrN3/c1-9(2,3)8-7(10)6(5-11)13(4)12-8/h5,11H2,1-4H3. The Kier molecular flexibility index (Phi) is 2.82. The predicted molar refractivity (Wildman–Crippen MR) is 57.5 cm³/mol. The Balaban J connectivity index is 3.26. The molecule has 0 radical (unpaired) electrons. The molecule has 1 aromatic heterocycles. The van der Waals surface area contributed by atoms with Crippen LogP contribution in [0.4, 0.5) is 0 Å². The van der Waals surface area contributed by atoms with Crippen LogP contribution in [0.3, 0.4) is 0 Å². The van der Waals surface area contributed by atoms with Gasteiger partial charge >= 0.3 is 0 Å². The second-order valence-corrected chi connectivity index (χ2v) is 4.98. The maximum atomic E-state index is 5.62. The highest BCUT2D eigenvalue weighted by molar-refractivity contribution is 9.10. The van der Waals surface area contributed by atoms with Crippen LogP contribution < -0.4 is 5.73 Å². The van der Waals surface area contributed by atoms with Gasteiger partial charge in [0.2, 0.25) is 0 Å². The maximum Gasteiger partial charge on any atom is 0.0823 e. The predicted octanol–water partition coefficient (Wildman–Crippen LogP) is 1.94. The summed E-state index contributed by atoms with van der Waals surface area (Å²) in [6.45, 7) is 6.93. The van der Waals surface area contributed by atoms with E-state index in [9.17, 15) is 0 Å². The molecule has 0 atom stereocenters. The van der Waals surface area contributed by atoms with Gasteiger partial charge in [0, 0.05) is 19.0 Å². The topological polar surface area (TPSA) is 43.8 Å². The van der Waals surface area contributed by atoms with Crippen LogP contribution in [0.25, 0.3) is 0 Å². The minimum absolute atomic E-state index is 0.0595. The zero-order valence-electron chi connectivity index (χ0n) is 8.56. The highest BCUT2D eigenvalue weighted by atomic mass is 79.9. The molecular formula is C9H16BrN3. The lowest BCUT2D eigenvalue weighted by Crippen LogP contribution is -2.13. The fourth-order valence-electron chi connectivity index (χ4n) is 1.23. The largest absolute Gasteiger partial charge is 0.325 e. The van der Waals surface area contributed by atoms with Crippen molar-refractivity contribution < 1.29 is 0 Å². The fraction of sp³-hybridized carbons (Fsp3) is 0.667. The first-order valence-corrected chi connectivity index (χ1v) is 5.09. The van der Waals surface area contributed by atoms with Gasteiger partial charge in [0.25, 0.3) is 0 Å². The van der Waals surface area contributed by atoms with Crippen molar-refractivity contribution in [1.82, 2.24) is 9.78 Å². The molecule has 1 aromatic rings. The highest BCUT2D eigenvalue weighted by Crippen LogP contribution is 2.30. The zero-order chi connectivity index (χ0) is 10.2. The lowest BCUT2D eigenvalue weighted by Gasteiger charge is -2.15. The van der Waals surface area contributed by atoms with Crippen LogP contribution in [0, 0.1) is 0 Å². The third-order valence-electron chi connectivity index (χ3n) is 2.01. The number of hydrogen-bond acceptors (Lipinski definition) is 2. The van der Waals surface area contributed by atoms with Crippen molar-refractivity contribution in [2.24, 2.45) is 12.8 Å². The van der Waals surface area contributed by atoms with E-state index < -0.39 is 0 Å². The lowest BCUT2D eigenvalue weighted by atomic mass is 9.92. The number of nitrogens with two attached hydrogens (primary N) is 1. The van der Waals surface area contributed by atoms with Crippen LogP contribution in [-0.2, 0) is 19.0 Å². The number of hydrogen-bond donors (Lipinski definition) is 1. The SMILES string of the molecule is Cn1nc(C(C)(C)C)c(Br)c1CN. The molecule has 0 bridgehead atoms. The van der Waals surface area contributed by atoms with Crippen molar-refractivity contribution in [3.05, 3.63) is 15.9 Å². The van der Waals surface area contributed by atoms with Gasteiger partial charge in [-0.3, -0.25) is 4.68 Å². The summed E-state index contributed by atoms with van der Waals surface area (Å²) in [6.07, 6.45) is 0. The third kappa shape index (κ3) is 1.94. The highest BCUT2D eigenvalue weighted by Gasteiger charge is 2.23. The second-order valence-electron chi connectivity index (χ2n) is 4.19. The Bertz CT molecular complexity index is 309. The minimum atomic E-state index is 0.0595. The Morgan fingerprint density at radius 2 is 2.00 bits per heavy atom. The number of rotatable bonds is 1. The molecule has 0 aliphatic carbocycles. The van der Waals surface area contributed by atoms with Gasteiger partial charge in [0.1, 0.15) is 0 Å². The number of aromatic nitrogens is 2. The first-order chi connectivity index (χ1) is 5.88. The number of nitrogens with zero attached hydrogens (tertiary/aromatic N) is 2. The molecule has 74 valence electrons. The van der Waals surface area contributed by atoms with E-state index >= 15 is 0 Å². The number of aryl methyl sites for hydroxylation is 1. The lowest BCUT2D eigenvalue weighted by molar-refractivity contribution is 0.549. The van der Waals surface area contributed by atoms with E-state index in [1.54, 1.807) is 0 Å². The van der Waals surface area contributed by atoms with Crippen molar-refractivity contribution in [3.63, 3.8) is 0 Å². The van der Waals surface area contributed by atoms with Crippen LogP contribution in [0.1, 0.15) is 32.2 Å². The van der Waals surface area contributed by atoms with Gasteiger partial charge in [0.05, 0.1) is 15.9 Å². The molecule has 0 aliphatic heterocycles. The Morgan fingerprint density at radius 3 is 2.23 bits per heavy atom. The molecule has 0 aliphatic rings. The zero-order valence-corrected chi connectivity index (χ0v) is 10.1. The summed E-state index contributed by atoms with van der Waals surface area (Å²) in [4.78, 5) is 0. The van der Waals surface area contributed by atoms with Gasteiger partial charge in [-0.2, -0.15) is 5.10 Å². The molecule has 0 unspecified atom stereocenters. The van der Waals surface area contributed by atoms with Gasteiger partial charge in [0.15, 0.2) is 0 Å². The Morgan fingerprint density at radius 1 is 1.46 bits per heavy atom. The fourth-order valence-corrected chi connectivity index (χ4v) is 2.33. The van der Waals surface area contributed by atoms with E-state index in [4.69, 9.17) is 5.73 Å². The van der Waals surface area contributed by atoms with Gasteiger partial charge in [-0.15, -0.1) is 0 Å². The molecule has 4 heteroatoms. The van der Waals surface area contributed by atoms with E-state index in [0.717, 1.165) is 15.9 Å². The van der Waals surface area contributed by atoms with Crippen molar-refractivity contribution in [2.75, 3.05) is 0 Å². The molecule has 0 saturated heterocycles. The third-order valence-corrected chi connectivity index (χ3v) is 2.84. The summed E-state index contributed by atoms with van der Waals surface area (Å²) >= 11 is 3.53. The van der Waals surface area contributed by atoms with Crippen LogP contribution in [0.2, 0.25) is 0 Å². The van der Waals surface area contributed by atoms with Crippen molar-refractivity contribution >= 4 is 15.9 Å². The van der Waals surface area contributed by atoms with Gasteiger partial charge < -0.3 is 5.73 Å². The van der Waals surface area contributed by atoms with E-state index in [0.29, 0.717) is 6.54 Å². The van der Waals surface area contributed by atoms with E-state index in [-0.39, 0.29) is 5.41 Å². The average Bonchev–Trinajstić information content (AvgIpc) is 2.25. The molecule has 3 nitrogen and oxygen atoms in total. The average molecular weight is 246 g/mol. The number of halogens is 1. The van der Waals surface area contributed by atoms with E-state index in [1.807, 2.05) is 11.7 Å². The van der Waals surface area contributed by atoms with Crippen molar-refractivity contribution in [3.8, 4) is 0 Å². The van der Waals surface area contributed by atoms with Gasteiger partial charge in [-0.1, -0.05) is 20.8 Å². The van der Waals surface area contributed by atoms with Crippen molar-refractivity contribution in [2.45, 2.75) is 32.7 Å². The van der Waals surface area contributed by atoms with Crippen LogP contribution in [0.15, 0.2) is 4.47 Å². The molecule has 2 N–H and O–H groups in total. The molecule has 0 spiro atoms. The summed E-state index contributed by atoms with van der Waals surface area (Å²) in [6, 6.07) is 0. The first-order valence-electron chi connectivity index (χ1n) is 4.30. The molecule has 0 amide bonds. The summed E-state index contributed by atoms with van der Waals surface area (Å²) in [5, 5.41) is 4.44. The molecule has 0 aromatic carbocycles. The molecular weight excluding hydrogens is 230 g/mol. The maximum absolute atomic E-state index is 5.62. The van der Waals surface area contributed by atoms with Crippen LogP contribution in [0.5, 0.6) is 0 Å². The molecule has 0 saturated carbocycles. The monoisotopic (exact) mass is 245 g/mol. The summed E-state index contributed by atoms with van der Waals surface area (Å²) in [7, 11) is 1.92. The summed E-state index contributed by atoms with van der Waals surface area (Å²) < 4.78 is 2.88. The molecule has 13 heavy (non-hydrogen) atoms. The van der Waals surface area contributed by atoms with E-state index in [2.05, 4.69) is 41.8 Å². The smallest absolute Gasteiger partial charge is 0.0823 e. The minimum Gasteiger partial charge on any atom is -0.325 e. The molecule has 0 fully saturated rings. The second kappa shape index (κ2) is 3.42. The quantitative estimate of drug-likeness (QED) is 0.822.